The molecule has 7 nitrogen and oxygen atoms in total. The maximum Gasteiger partial charge on any atom is 0.272 e. The van der Waals surface area contributed by atoms with Crippen molar-refractivity contribution >= 4 is 51.1 Å². The van der Waals surface area contributed by atoms with E-state index in [-0.39, 0.29) is 18.0 Å². The molecule has 35 heavy (non-hydrogen) atoms. The number of hydrogen-bond acceptors (Lipinski definition) is 7. The molecule has 0 radical (unpaired) electrons. The highest BCUT2D eigenvalue weighted by atomic mass is 35.5. The fourth-order valence-electron chi connectivity index (χ4n) is 3.83. The van der Waals surface area contributed by atoms with Gasteiger partial charge in [0.2, 0.25) is 0 Å². The second-order valence-electron chi connectivity index (χ2n) is 7.86. The molecule has 0 bridgehead atoms. The molecule has 5 N–H and O–H groups in total. The van der Waals surface area contributed by atoms with Gasteiger partial charge in [-0.1, -0.05) is 44.2 Å². The van der Waals surface area contributed by atoms with Gasteiger partial charge >= 0.3 is 0 Å². The molecule has 2 heterocycles. The number of fused-ring (bicyclic) bond motifs is 1. The summed E-state index contributed by atoms with van der Waals surface area (Å²) in [5.74, 6) is 0.204. The van der Waals surface area contributed by atoms with Crippen molar-refractivity contribution in [2.24, 2.45) is 16.5 Å². The van der Waals surface area contributed by atoms with Gasteiger partial charge in [-0.25, -0.2) is 5.10 Å². The summed E-state index contributed by atoms with van der Waals surface area (Å²) in [5.41, 5.74) is 15.4. The van der Waals surface area contributed by atoms with Gasteiger partial charge in [0.15, 0.2) is 0 Å². The lowest BCUT2D eigenvalue weighted by Crippen LogP contribution is -2.14. The van der Waals surface area contributed by atoms with Crippen molar-refractivity contribution in [1.29, 1.82) is 5.26 Å². The summed E-state index contributed by atoms with van der Waals surface area (Å²) in [6, 6.07) is 7.68. The van der Waals surface area contributed by atoms with Crippen LogP contribution in [0.25, 0.3) is 22.4 Å². The average molecular weight is 507 g/mol. The van der Waals surface area contributed by atoms with Gasteiger partial charge in [-0.3, -0.25) is 9.79 Å². The van der Waals surface area contributed by atoms with Crippen molar-refractivity contribution in [3.8, 4) is 6.07 Å². The summed E-state index contributed by atoms with van der Waals surface area (Å²) in [5, 5.41) is 18.3. The first-order valence-corrected chi connectivity index (χ1v) is 12.2. The standard InChI is InChI=1S/C26H27ClN6OS/c1-5-14(3)24-19(10-16(27)6-2)21(12-29)25(35-24)23(31-4)20(11-28)15-7-8-17-18(9-15)22(13-30)32-33-26(17)34/h6-11,14H,2,5,13,28,30H2,1,3-4H3,(H,33,34)/b16-10+,20-11-,31-23?. The molecular formula is C26H27ClN6OS. The second-order valence-corrected chi connectivity index (χ2v) is 9.34. The van der Waals surface area contributed by atoms with Crippen molar-refractivity contribution in [3.63, 3.8) is 0 Å². The monoisotopic (exact) mass is 506 g/mol. The molecule has 9 heteroatoms. The minimum atomic E-state index is -0.301. The van der Waals surface area contributed by atoms with Crippen LogP contribution in [-0.4, -0.2) is 23.0 Å². The molecule has 0 saturated carbocycles. The second kappa shape index (κ2) is 11.3. The topological polar surface area (TPSA) is 134 Å². The predicted octanol–water partition coefficient (Wildman–Crippen LogP) is 5.01. The number of nitrogens with zero attached hydrogens (tertiary/aromatic N) is 3. The fourth-order valence-corrected chi connectivity index (χ4v) is 5.35. The first-order valence-electron chi connectivity index (χ1n) is 11.0. The van der Waals surface area contributed by atoms with E-state index in [1.807, 2.05) is 6.07 Å². The Morgan fingerprint density at radius 3 is 2.74 bits per heavy atom. The molecule has 0 aliphatic rings. The van der Waals surface area contributed by atoms with E-state index in [2.05, 4.69) is 41.7 Å². The summed E-state index contributed by atoms with van der Waals surface area (Å²) in [7, 11) is 1.66. The van der Waals surface area contributed by atoms with E-state index in [1.165, 1.54) is 17.5 Å². The summed E-state index contributed by atoms with van der Waals surface area (Å²) in [4.78, 5) is 18.5. The van der Waals surface area contributed by atoms with E-state index in [9.17, 15) is 10.1 Å². The zero-order valence-corrected chi connectivity index (χ0v) is 21.4. The van der Waals surface area contributed by atoms with E-state index in [0.29, 0.717) is 43.2 Å². The number of nitriles is 1. The fraction of sp³-hybridized carbons (Fsp3) is 0.231. The highest BCUT2D eigenvalue weighted by molar-refractivity contribution is 7.15. The number of H-pyrrole nitrogens is 1. The number of halogens is 1. The van der Waals surface area contributed by atoms with Gasteiger partial charge in [-0.15, -0.1) is 11.3 Å². The average Bonchev–Trinajstić information content (AvgIpc) is 3.24. The van der Waals surface area contributed by atoms with Crippen LogP contribution in [0.4, 0.5) is 0 Å². The van der Waals surface area contributed by atoms with Gasteiger partial charge < -0.3 is 11.5 Å². The number of thiophene rings is 1. The Morgan fingerprint density at radius 2 is 2.17 bits per heavy atom. The molecular weight excluding hydrogens is 480 g/mol. The lowest BCUT2D eigenvalue weighted by atomic mass is 9.94. The van der Waals surface area contributed by atoms with Gasteiger partial charge in [0.05, 0.1) is 27.2 Å². The molecule has 3 rings (SSSR count). The van der Waals surface area contributed by atoms with E-state index in [0.717, 1.165) is 22.4 Å². The first kappa shape index (κ1) is 26.1. The van der Waals surface area contributed by atoms with Crippen LogP contribution in [0.1, 0.15) is 58.3 Å². The summed E-state index contributed by atoms with van der Waals surface area (Å²) < 4.78 is 0. The first-order chi connectivity index (χ1) is 16.8. The van der Waals surface area contributed by atoms with Crippen LogP contribution in [0.2, 0.25) is 0 Å². The molecule has 0 amide bonds. The van der Waals surface area contributed by atoms with E-state index in [4.69, 9.17) is 23.1 Å². The molecule has 1 unspecified atom stereocenters. The Hall–Kier alpha value is -3.51. The summed E-state index contributed by atoms with van der Waals surface area (Å²) in [6.07, 6.45) is 5.67. The third-order valence-electron chi connectivity index (χ3n) is 5.86. The molecule has 1 atom stereocenters. The summed E-state index contributed by atoms with van der Waals surface area (Å²) in [6.45, 7) is 8.09. The minimum Gasteiger partial charge on any atom is -0.404 e. The molecule has 3 aromatic rings. The Morgan fingerprint density at radius 1 is 1.43 bits per heavy atom. The lowest BCUT2D eigenvalue weighted by molar-refractivity contribution is 0.746. The number of hydrogen-bond donors (Lipinski definition) is 3. The normalized spacial score (nSPS) is 13.7. The molecule has 0 fully saturated rings. The maximum atomic E-state index is 12.3. The quantitative estimate of drug-likeness (QED) is 0.291. The Kier molecular flexibility index (Phi) is 8.41. The Labute approximate surface area is 213 Å². The Bertz CT molecular complexity index is 1470. The smallest absolute Gasteiger partial charge is 0.272 e. The van der Waals surface area contributed by atoms with Gasteiger partial charge in [-0.2, -0.15) is 10.4 Å². The zero-order chi connectivity index (χ0) is 25.7. The molecule has 0 aliphatic carbocycles. The van der Waals surface area contributed by atoms with Gasteiger partial charge in [0.1, 0.15) is 6.07 Å². The SMILES string of the molecule is C=C/C(Cl)=C\c1c(C(C)CC)sc(C(=NC)/C(=C\N)c2ccc3c(=O)[nH]nc(CN)c3c2)c1C#N. The van der Waals surface area contributed by atoms with Crippen molar-refractivity contribution in [2.45, 2.75) is 32.7 Å². The van der Waals surface area contributed by atoms with Crippen LogP contribution < -0.4 is 17.0 Å². The van der Waals surface area contributed by atoms with Crippen molar-refractivity contribution in [3.05, 3.63) is 84.6 Å². The van der Waals surface area contributed by atoms with E-state index >= 15 is 0 Å². The van der Waals surface area contributed by atoms with Crippen LogP contribution in [0.15, 0.2) is 51.9 Å². The van der Waals surface area contributed by atoms with Crippen molar-refractivity contribution in [2.75, 3.05) is 7.05 Å². The van der Waals surface area contributed by atoms with Crippen molar-refractivity contribution < 1.29 is 0 Å². The van der Waals surface area contributed by atoms with Gasteiger partial charge in [-0.05, 0) is 36.1 Å². The Balaban J connectivity index is 2.27. The number of allylic oxidation sites excluding steroid dienone is 3. The minimum absolute atomic E-state index is 0.161. The van der Waals surface area contributed by atoms with E-state index in [1.54, 1.807) is 31.3 Å². The highest BCUT2D eigenvalue weighted by Gasteiger charge is 2.25. The number of aromatic amines is 1. The number of nitrogens with one attached hydrogen (secondary N) is 1. The van der Waals surface area contributed by atoms with Crippen molar-refractivity contribution in [1.82, 2.24) is 10.2 Å². The highest BCUT2D eigenvalue weighted by Crippen LogP contribution is 2.39. The van der Waals surface area contributed by atoms with Crippen LogP contribution >= 0.6 is 22.9 Å². The van der Waals surface area contributed by atoms with E-state index < -0.39 is 0 Å². The third-order valence-corrected chi connectivity index (χ3v) is 7.56. The third kappa shape index (κ3) is 4.98. The molecule has 2 aromatic heterocycles. The number of aromatic nitrogens is 2. The zero-order valence-electron chi connectivity index (χ0n) is 19.9. The van der Waals surface area contributed by atoms with Gasteiger partial charge in [0, 0.05) is 46.2 Å². The largest absolute Gasteiger partial charge is 0.404 e. The van der Waals surface area contributed by atoms with Crippen LogP contribution in [-0.2, 0) is 6.54 Å². The van der Waals surface area contributed by atoms with Crippen LogP contribution in [0.5, 0.6) is 0 Å². The molecule has 0 saturated heterocycles. The molecule has 1 aromatic carbocycles. The molecule has 0 spiro atoms. The number of rotatable bonds is 8. The van der Waals surface area contributed by atoms with Crippen LogP contribution in [0.3, 0.4) is 0 Å². The maximum absolute atomic E-state index is 12.3. The predicted molar refractivity (Wildman–Crippen MR) is 147 cm³/mol. The lowest BCUT2D eigenvalue weighted by Gasteiger charge is -2.12. The molecule has 180 valence electrons. The number of benzene rings is 1. The van der Waals surface area contributed by atoms with Crippen LogP contribution in [0, 0.1) is 11.3 Å². The number of nitrogens with two attached hydrogens (primary N) is 2. The number of aliphatic imine (C=N–C) groups is 1. The summed E-state index contributed by atoms with van der Waals surface area (Å²) >= 11 is 7.79. The van der Waals surface area contributed by atoms with Gasteiger partial charge in [0.25, 0.3) is 5.56 Å². The molecule has 0 aliphatic heterocycles.